The van der Waals surface area contributed by atoms with Crippen molar-refractivity contribution in [2.75, 3.05) is 13.3 Å². The Hall–Kier alpha value is -2.82. The first-order chi connectivity index (χ1) is 14.2. The van der Waals surface area contributed by atoms with Crippen LogP contribution in [0.5, 0.6) is 0 Å². The zero-order chi connectivity index (χ0) is 20.2. The first-order valence-electron chi connectivity index (χ1n) is 10.5. The first kappa shape index (κ1) is 19.5. The normalized spacial score (nSPS) is 17.8. The molecule has 2 aliphatic rings. The van der Waals surface area contributed by atoms with Gasteiger partial charge in [0.1, 0.15) is 12.6 Å². The summed E-state index contributed by atoms with van der Waals surface area (Å²) in [6.45, 7) is 2.38. The summed E-state index contributed by atoms with van der Waals surface area (Å²) >= 11 is 0. The van der Waals surface area contributed by atoms with Crippen molar-refractivity contribution in [3.8, 4) is 11.1 Å². The molecule has 5 heteroatoms. The SMILES string of the molecule is CCCCCC[C@H]1C(=O)OCN1C(=O)OCC1c2ccccc2-c2ccccc21. The first-order valence-corrected chi connectivity index (χ1v) is 10.5. The number of cyclic esters (lactones) is 1. The fourth-order valence-corrected chi connectivity index (χ4v) is 4.34. The summed E-state index contributed by atoms with van der Waals surface area (Å²) in [7, 11) is 0. The number of rotatable bonds is 7. The number of benzene rings is 2. The largest absolute Gasteiger partial charge is 0.448 e. The summed E-state index contributed by atoms with van der Waals surface area (Å²) in [6, 6.07) is 15.9. The molecule has 1 atom stereocenters. The van der Waals surface area contributed by atoms with Crippen molar-refractivity contribution in [2.45, 2.75) is 51.0 Å². The van der Waals surface area contributed by atoms with Crippen molar-refractivity contribution < 1.29 is 19.1 Å². The zero-order valence-electron chi connectivity index (χ0n) is 16.8. The van der Waals surface area contributed by atoms with Gasteiger partial charge in [-0.05, 0) is 28.7 Å². The number of nitrogens with zero attached hydrogens (tertiary/aromatic N) is 1. The molecular formula is C24H27NO4. The number of hydrogen-bond acceptors (Lipinski definition) is 4. The van der Waals surface area contributed by atoms with Crippen molar-refractivity contribution in [3.05, 3.63) is 59.7 Å². The van der Waals surface area contributed by atoms with E-state index >= 15 is 0 Å². The van der Waals surface area contributed by atoms with Gasteiger partial charge in [-0.3, -0.25) is 4.90 Å². The molecule has 2 aromatic carbocycles. The van der Waals surface area contributed by atoms with Gasteiger partial charge >= 0.3 is 12.1 Å². The summed E-state index contributed by atoms with van der Waals surface area (Å²) in [6.07, 6.45) is 4.37. The van der Waals surface area contributed by atoms with Gasteiger partial charge in [-0.15, -0.1) is 0 Å². The molecule has 1 heterocycles. The van der Waals surface area contributed by atoms with Gasteiger partial charge in [0.15, 0.2) is 6.73 Å². The van der Waals surface area contributed by atoms with Crippen LogP contribution in [0.2, 0.25) is 0 Å². The van der Waals surface area contributed by atoms with Crippen LogP contribution in [-0.2, 0) is 14.3 Å². The van der Waals surface area contributed by atoms with E-state index in [0.29, 0.717) is 6.42 Å². The quantitative estimate of drug-likeness (QED) is 0.486. The number of amides is 1. The summed E-state index contributed by atoms with van der Waals surface area (Å²) in [5, 5.41) is 0. The molecule has 1 fully saturated rings. The van der Waals surface area contributed by atoms with Crippen LogP contribution < -0.4 is 0 Å². The summed E-state index contributed by atoms with van der Waals surface area (Å²) < 4.78 is 10.8. The van der Waals surface area contributed by atoms with Crippen LogP contribution in [-0.4, -0.2) is 36.3 Å². The molecular weight excluding hydrogens is 366 g/mol. The van der Waals surface area contributed by atoms with Gasteiger partial charge in [-0.1, -0.05) is 81.1 Å². The monoisotopic (exact) mass is 393 g/mol. The Balaban J connectivity index is 1.42. The van der Waals surface area contributed by atoms with Gasteiger partial charge in [0.2, 0.25) is 0 Å². The minimum absolute atomic E-state index is 0.00794. The molecule has 29 heavy (non-hydrogen) atoms. The van der Waals surface area contributed by atoms with Crippen LogP contribution in [0.25, 0.3) is 11.1 Å². The maximum Gasteiger partial charge on any atom is 0.413 e. The topological polar surface area (TPSA) is 55.8 Å². The Bertz CT molecular complexity index is 848. The van der Waals surface area contributed by atoms with Crippen molar-refractivity contribution >= 4 is 12.1 Å². The van der Waals surface area contributed by atoms with Crippen LogP contribution in [0.15, 0.2) is 48.5 Å². The predicted molar refractivity (Wildman–Crippen MR) is 110 cm³/mol. The summed E-state index contributed by atoms with van der Waals surface area (Å²) in [5.74, 6) is -0.316. The number of fused-ring (bicyclic) bond motifs is 3. The number of esters is 1. The third-order valence-corrected chi connectivity index (χ3v) is 5.90. The lowest BCUT2D eigenvalue weighted by Crippen LogP contribution is -2.39. The Morgan fingerprint density at radius 2 is 1.69 bits per heavy atom. The Morgan fingerprint density at radius 1 is 1.03 bits per heavy atom. The van der Waals surface area contributed by atoms with Gasteiger partial charge in [-0.2, -0.15) is 0 Å². The van der Waals surface area contributed by atoms with Crippen LogP contribution >= 0.6 is 0 Å². The molecule has 0 radical (unpaired) electrons. The molecule has 152 valence electrons. The van der Waals surface area contributed by atoms with Gasteiger partial charge in [0.25, 0.3) is 0 Å². The van der Waals surface area contributed by atoms with E-state index in [1.807, 2.05) is 24.3 Å². The number of carbonyl (C=O) groups excluding carboxylic acids is 2. The van der Waals surface area contributed by atoms with E-state index in [-0.39, 0.29) is 25.2 Å². The molecule has 0 spiro atoms. The highest BCUT2D eigenvalue weighted by Gasteiger charge is 2.39. The lowest BCUT2D eigenvalue weighted by molar-refractivity contribution is -0.139. The van der Waals surface area contributed by atoms with Crippen LogP contribution in [0.3, 0.4) is 0 Å². The molecule has 1 saturated heterocycles. The molecule has 0 N–H and O–H groups in total. The molecule has 0 bridgehead atoms. The van der Waals surface area contributed by atoms with Crippen molar-refractivity contribution in [3.63, 3.8) is 0 Å². The maximum atomic E-state index is 12.7. The smallest absolute Gasteiger partial charge is 0.413 e. The number of hydrogen-bond donors (Lipinski definition) is 0. The zero-order valence-corrected chi connectivity index (χ0v) is 16.8. The molecule has 2 aromatic rings. The molecule has 0 saturated carbocycles. The molecule has 1 aliphatic carbocycles. The van der Waals surface area contributed by atoms with E-state index in [2.05, 4.69) is 31.2 Å². The molecule has 0 aromatic heterocycles. The Labute approximate surface area is 171 Å². The molecule has 0 unspecified atom stereocenters. The van der Waals surface area contributed by atoms with Gasteiger partial charge in [0, 0.05) is 5.92 Å². The summed E-state index contributed by atoms with van der Waals surface area (Å²) in [4.78, 5) is 26.2. The minimum Gasteiger partial charge on any atom is -0.448 e. The number of unbranched alkanes of at least 4 members (excludes halogenated alkanes) is 3. The second-order valence-corrected chi connectivity index (χ2v) is 7.73. The molecule has 4 rings (SSSR count). The fourth-order valence-electron chi connectivity index (χ4n) is 4.34. The maximum absolute atomic E-state index is 12.7. The van der Waals surface area contributed by atoms with Crippen LogP contribution in [0, 0.1) is 0 Å². The highest BCUT2D eigenvalue weighted by molar-refractivity contribution is 5.84. The highest BCUT2D eigenvalue weighted by atomic mass is 16.6. The standard InChI is InChI=1S/C24H27NO4/c1-2-3-4-5-14-22-23(26)29-16-25(22)24(27)28-15-21-19-12-8-6-10-17(19)18-11-7-9-13-20(18)21/h6-13,21-22H,2-5,14-16H2,1H3/t22-/m0/s1. The van der Waals surface area contributed by atoms with Crippen LogP contribution in [0.1, 0.15) is 56.1 Å². The predicted octanol–water partition coefficient (Wildman–Crippen LogP) is 5.09. The summed E-state index contributed by atoms with van der Waals surface area (Å²) in [5.41, 5.74) is 4.73. The average molecular weight is 393 g/mol. The third kappa shape index (κ3) is 3.86. The van der Waals surface area contributed by atoms with Gasteiger partial charge in [-0.25, -0.2) is 9.59 Å². The van der Waals surface area contributed by atoms with Gasteiger partial charge < -0.3 is 9.47 Å². The Morgan fingerprint density at radius 3 is 2.34 bits per heavy atom. The van der Waals surface area contributed by atoms with E-state index in [4.69, 9.17) is 9.47 Å². The number of ether oxygens (including phenoxy) is 2. The lowest BCUT2D eigenvalue weighted by atomic mass is 9.98. The van der Waals surface area contributed by atoms with E-state index in [9.17, 15) is 9.59 Å². The van der Waals surface area contributed by atoms with E-state index in [1.165, 1.54) is 27.2 Å². The van der Waals surface area contributed by atoms with Crippen LogP contribution in [0.4, 0.5) is 4.79 Å². The van der Waals surface area contributed by atoms with Crippen molar-refractivity contribution in [1.82, 2.24) is 4.90 Å². The lowest BCUT2D eigenvalue weighted by Gasteiger charge is -2.21. The fraction of sp³-hybridized carbons (Fsp3) is 0.417. The molecule has 5 nitrogen and oxygen atoms in total. The van der Waals surface area contributed by atoms with Gasteiger partial charge in [0.05, 0.1) is 0 Å². The van der Waals surface area contributed by atoms with E-state index < -0.39 is 12.1 Å². The molecule has 1 amide bonds. The van der Waals surface area contributed by atoms with E-state index in [0.717, 1.165) is 25.7 Å². The number of carbonyl (C=O) groups is 2. The highest BCUT2D eigenvalue weighted by Crippen LogP contribution is 2.44. The van der Waals surface area contributed by atoms with Crippen molar-refractivity contribution in [1.29, 1.82) is 0 Å². The second kappa shape index (κ2) is 8.68. The molecule has 1 aliphatic heterocycles. The average Bonchev–Trinajstić information content (AvgIpc) is 3.27. The third-order valence-electron chi connectivity index (χ3n) is 5.90. The second-order valence-electron chi connectivity index (χ2n) is 7.73. The van der Waals surface area contributed by atoms with Crippen molar-refractivity contribution in [2.24, 2.45) is 0 Å². The minimum atomic E-state index is -0.525. The van der Waals surface area contributed by atoms with E-state index in [1.54, 1.807) is 0 Å². The Kier molecular flexibility index (Phi) is 5.84.